The zero-order valence-corrected chi connectivity index (χ0v) is 16.1. The molecule has 0 saturated carbocycles. The van der Waals surface area contributed by atoms with Gasteiger partial charge in [-0.25, -0.2) is 4.98 Å². The molecule has 0 aliphatic heterocycles. The molecule has 5 nitrogen and oxygen atoms in total. The first-order chi connectivity index (χ1) is 13.5. The van der Waals surface area contributed by atoms with Crippen LogP contribution in [0.5, 0.6) is 5.75 Å². The van der Waals surface area contributed by atoms with Crippen LogP contribution in [0.2, 0.25) is 0 Å². The van der Waals surface area contributed by atoms with E-state index in [4.69, 9.17) is 8.92 Å². The second kappa shape index (κ2) is 7.58. The smallest absolute Gasteiger partial charge is 0.264 e. The lowest BCUT2D eigenvalue weighted by atomic mass is 10.1. The molecule has 0 amide bonds. The van der Waals surface area contributed by atoms with E-state index in [1.807, 2.05) is 72.8 Å². The summed E-state index contributed by atoms with van der Waals surface area (Å²) in [6.07, 6.45) is 1.04. The van der Waals surface area contributed by atoms with Crippen LogP contribution in [-0.2, 0) is 27.5 Å². The monoisotopic (exact) mass is 393 g/mol. The fraction of sp³-hybridized carbons (Fsp3) is 0.136. The van der Waals surface area contributed by atoms with Gasteiger partial charge in [0.2, 0.25) is 0 Å². The Labute approximate surface area is 163 Å². The van der Waals surface area contributed by atoms with E-state index in [9.17, 15) is 8.42 Å². The second-order valence-electron chi connectivity index (χ2n) is 6.59. The van der Waals surface area contributed by atoms with Crippen molar-refractivity contribution in [1.29, 1.82) is 0 Å². The third kappa shape index (κ3) is 4.47. The number of nitrogens with zero attached hydrogens (tertiary/aromatic N) is 1. The molecule has 0 aliphatic carbocycles. The molecular weight excluding hydrogens is 374 g/mol. The van der Waals surface area contributed by atoms with Crippen LogP contribution in [0.4, 0.5) is 0 Å². The van der Waals surface area contributed by atoms with E-state index in [1.165, 1.54) is 0 Å². The van der Waals surface area contributed by atoms with Gasteiger partial charge in [-0.15, -0.1) is 0 Å². The van der Waals surface area contributed by atoms with Crippen molar-refractivity contribution < 1.29 is 17.3 Å². The summed E-state index contributed by atoms with van der Waals surface area (Å²) in [6.45, 7) is 0.383. The van der Waals surface area contributed by atoms with Gasteiger partial charge in [0.1, 0.15) is 12.4 Å². The number of aromatic nitrogens is 1. The summed E-state index contributed by atoms with van der Waals surface area (Å²) in [7, 11) is -3.47. The van der Waals surface area contributed by atoms with Gasteiger partial charge >= 0.3 is 0 Å². The quantitative estimate of drug-likeness (QED) is 0.453. The Kier molecular flexibility index (Phi) is 4.98. The summed E-state index contributed by atoms with van der Waals surface area (Å²) >= 11 is 0. The Morgan fingerprint density at radius 2 is 1.61 bits per heavy atom. The normalized spacial score (nSPS) is 11.8. The summed E-state index contributed by atoms with van der Waals surface area (Å²) in [5, 5.41) is 3.10. The highest BCUT2D eigenvalue weighted by Gasteiger charge is 2.05. The molecule has 3 aromatic carbocycles. The average Bonchev–Trinajstić information content (AvgIpc) is 2.69. The zero-order valence-electron chi connectivity index (χ0n) is 15.3. The molecule has 0 radical (unpaired) electrons. The second-order valence-corrected chi connectivity index (χ2v) is 8.24. The molecule has 6 heteroatoms. The third-order valence-electron chi connectivity index (χ3n) is 4.36. The maximum Gasteiger partial charge on any atom is 0.264 e. The van der Waals surface area contributed by atoms with Crippen LogP contribution in [0.25, 0.3) is 21.7 Å². The number of pyridine rings is 1. The Morgan fingerprint density at radius 1 is 0.821 bits per heavy atom. The van der Waals surface area contributed by atoms with Gasteiger partial charge < -0.3 is 4.74 Å². The number of para-hydroxylation sites is 1. The fourth-order valence-corrected chi connectivity index (χ4v) is 3.32. The van der Waals surface area contributed by atoms with Crippen molar-refractivity contribution in [1.82, 2.24) is 4.98 Å². The predicted molar refractivity (Wildman–Crippen MR) is 110 cm³/mol. The van der Waals surface area contributed by atoms with Crippen LogP contribution >= 0.6 is 0 Å². The molecule has 0 saturated heterocycles. The van der Waals surface area contributed by atoms with Crippen molar-refractivity contribution in [2.45, 2.75) is 13.2 Å². The lowest BCUT2D eigenvalue weighted by molar-refractivity contribution is 0.302. The molecule has 0 spiro atoms. The lowest BCUT2D eigenvalue weighted by Gasteiger charge is -2.09. The molecular formula is C22H19NO4S. The van der Waals surface area contributed by atoms with Crippen LogP contribution in [0.1, 0.15) is 11.3 Å². The topological polar surface area (TPSA) is 65.5 Å². The Balaban J connectivity index is 1.51. The van der Waals surface area contributed by atoms with Gasteiger partial charge in [0.25, 0.3) is 10.1 Å². The summed E-state index contributed by atoms with van der Waals surface area (Å²) in [5.74, 6) is 0.726. The van der Waals surface area contributed by atoms with Crippen molar-refractivity contribution in [2.24, 2.45) is 0 Å². The Bertz CT molecular complexity index is 1250. The van der Waals surface area contributed by atoms with Crippen LogP contribution < -0.4 is 4.74 Å². The molecule has 0 aliphatic rings. The van der Waals surface area contributed by atoms with Crippen molar-refractivity contribution >= 4 is 31.8 Å². The molecule has 28 heavy (non-hydrogen) atoms. The fourth-order valence-electron chi connectivity index (χ4n) is 2.97. The first kappa shape index (κ1) is 18.4. The molecule has 4 aromatic rings. The van der Waals surface area contributed by atoms with Gasteiger partial charge in [-0.1, -0.05) is 42.5 Å². The van der Waals surface area contributed by atoms with E-state index in [-0.39, 0.29) is 6.61 Å². The van der Waals surface area contributed by atoms with E-state index in [1.54, 1.807) is 0 Å². The van der Waals surface area contributed by atoms with Crippen LogP contribution in [0.15, 0.2) is 72.8 Å². The maximum atomic E-state index is 11.2. The van der Waals surface area contributed by atoms with E-state index in [0.717, 1.165) is 44.9 Å². The predicted octanol–water partition coefficient (Wildman–Crippen LogP) is 4.44. The minimum Gasteiger partial charge on any atom is -0.487 e. The highest BCUT2D eigenvalue weighted by Crippen LogP contribution is 2.23. The van der Waals surface area contributed by atoms with Crippen LogP contribution in [0, 0.1) is 0 Å². The number of hydrogen-bond donors (Lipinski definition) is 0. The summed E-state index contributed by atoms with van der Waals surface area (Å²) < 4.78 is 33.1. The summed E-state index contributed by atoms with van der Waals surface area (Å²) in [4.78, 5) is 4.62. The Morgan fingerprint density at radius 3 is 2.46 bits per heavy atom. The van der Waals surface area contributed by atoms with E-state index >= 15 is 0 Å². The van der Waals surface area contributed by atoms with Crippen molar-refractivity contribution in [3.63, 3.8) is 0 Å². The number of benzene rings is 3. The summed E-state index contributed by atoms with van der Waals surface area (Å²) in [6, 6.07) is 23.5. The molecule has 4 rings (SSSR count). The third-order valence-corrected chi connectivity index (χ3v) is 4.90. The number of fused-ring (bicyclic) bond motifs is 2. The molecule has 0 N–H and O–H groups in total. The first-order valence-electron chi connectivity index (χ1n) is 8.81. The molecule has 1 heterocycles. The minimum atomic E-state index is -3.47. The van der Waals surface area contributed by atoms with Gasteiger partial charge in [0.05, 0.1) is 24.1 Å². The van der Waals surface area contributed by atoms with Gasteiger partial charge in [-0.3, -0.25) is 4.18 Å². The van der Waals surface area contributed by atoms with Gasteiger partial charge in [0.15, 0.2) is 0 Å². The number of ether oxygens (including phenoxy) is 1. The highest BCUT2D eigenvalue weighted by molar-refractivity contribution is 7.85. The lowest BCUT2D eigenvalue weighted by Crippen LogP contribution is -2.02. The van der Waals surface area contributed by atoms with Crippen LogP contribution in [0.3, 0.4) is 0 Å². The standard InChI is InChI=1S/C22H19NO4S/c1-28(24,25)27-14-16-6-7-17-9-11-21(13-19(17)12-16)26-15-20-10-8-18-4-2-3-5-22(18)23-20/h2-13H,14-15H2,1H3. The largest absolute Gasteiger partial charge is 0.487 e. The maximum absolute atomic E-state index is 11.2. The number of hydrogen-bond acceptors (Lipinski definition) is 5. The first-order valence-corrected chi connectivity index (χ1v) is 10.6. The minimum absolute atomic E-state index is 0.0147. The molecule has 1 aromatic heterocycles. The van der Waals surface area contributed by atoms with Gasteiger partial charge in [-0.05, 0) is 46.7 Å². The zero-order chi connectivity index (χ0) is 19.6. The molecule has 142 valence electrons. The molecule has 0 bridgehead atoms. The van der Waals surface area contributed by atoms with E-state index in [0.29, 0.717) is 6.61 Å². The number of rotatable bonds is 6. The van der Waals surface area contributed by atoms with Gasteiger partial charge in [-0.2, -0.15) is 8.42 Å². The molecule has 0 atom stereocenters. The van der Waals surface area contributed by atoms with Crippen molar-refractivity contribution in [2.75, 3.05) is 6.26 Å². The van der Waals surface area contributed by atoms with Crippen LogP contribution in [-0.4, -0.2) is 19.7 Å². The van der Waals surface area contributed by atoms with Crippen molar-refractivity contribution in [3.05, 3.63) is 84.1 Å². The van der Waals surface area contributed by atoms with E-state index < -0.39 is 10.1 Å². The molecule has 0 unspecified atom stereocenters. The van der Waals surface area contributed by atoms with Gasteiger partial charge in [0, 0.05) is 5.39 Å². The highest BCUT2D eigenvalue weighted by atomic mass is 32.2. The Hall–Kier alpha value is -2.96. The van der Waals surface area contributed by atoms with E-state index in [2.05, 4.69) is 4.98 Å². The van der Waals surface area contributed by atoms with Crippen molar-refractivity contribution in [3.8, 4) is 5.75 Å². The SMILES string of the molecule is CS(=O)(=O)OCc1ccc2ccc(OCc3ccc4ccccc4n3)cc2c1. The molecule has 0 fully saturated rings. The summed E-state index contributed by atoms with van der Waals surface area (Å²) in [5.41, 5.74) is 2.58. The average molecular weight is 393 g/mol.